The van der Waals surface area contributed by atoms with Gasteiger partial charge in [-0.25, -0.2) is 4.79 Å². The Kier molecular flexibility index (Phi) is 3.98. The molecule has 1 aliphatic carbocycles. The van der Waals surface area contributed by atoms with Crippen molar-refractivity contribution >= 4 is 17.3 Å². The molecule has 1 aromatic rings. The largest absolute Gasteiger partial charge is 0.478 e. The second kappa shape index (κ2) is 5.51. The lowest BCUT2D eigenvalue weighted by atomic mass is 10.1. The molecule has 2 rings (SSSR count). The van der Waals surface area contributed by atoms with Gasteiger partial charge in [-0.3, -0.25) is 0 Å². The Labute approximate surface area is 114 Å². The van der Waals surface area contributed by atoms with E-state index in [2.05, 4.69) is 11.8 Å². The number of nitrogens with zero attached hydrogens (tertiary/aromatic N) is 1. The van der Waals surface area contributed by atoms with Crippen LogP contribution < -0.4 is 10.6 Å². The van der Waals surface area contributed by atoms with Crippen molar-refractivity contribution in [3.63, 3.8) is 0 Å². The van der Waals surface area contributed by atoms with Crippen molar-refractivity contribution in [1.29, 1.82) is 0 Å². The molecule has 1 saturated carbocycles. The molecule has 0 atom stereocenters. The molecular formula is C15H22N2O2. The van der Waals surface area contributed by atoms with Crippen LogP contribution >= 0.6 is 0 Å². The predicted molar refractivity (Wildman–Crippen MR) is 77.8 cm³/mol. The fourth-order valence-electron chi connectivity index (χ4n) is 2.35. The van der Waals surface area contributed by atoms with Gasteiger partial charge in [-0.1, -0.05) is 6.92 Å². The summed E-state index contributed by atoms with van der Waals surface area (Å²) in [6.07, 6.45) is 3.64. The maximum Gasteiger partial charge on any atom is 0.337 e. The van der Waals surface area contributed by atoms with Gasteiger partial charge in [0.1, 0.15) is 0 Å². The molecule has 0 aromatic heterocycles. The highest BCUT2D eigenvalue weighted by Crippen LogP contribution is 2.33. The fourth-order valence-corrected chi connectivity index (χ4v) is 2.35. The summed E-state index contributed by atoms with van der Waals surface area (Å²) in [5, 5.41) is 9.22. The molecular weight excluding hydrogens is 240 g/mol. The number of hydrogen-bond acceptors (Lipinski definition) is 3. The van der Waals surface area contributed by atoms with Gasteiger partial charge in [0.25, 0.3) is 0 Å². The van der Waals surface area contributed by atoms with Crippen LogP contribution in [0.5, 0.6) is 0 Å². The van der Waals surface area contributed by atoms with E-state index < -0.39 is 5.97 Å². The lowest BCUT2D eigenvalue weighted by Gasteiger charge is -2.25. The van der Waals surface area contributed by atoms with E-state index in [1.54, 1.807) is 6.07 Å². The minimum atomic E-state index is -0.953. The van der Waals surface area contributed by atoms with Crippen LogP contribution in [0.2, 0.25) is 0 Å². The Morgan fingerprint density at radius 2 is 2.16 bits per heavy atom. The molecule has 104 valence electrons. The summed E-state index contributed by atoms with van der Waals surface area (Å²) in [7, 11) is 0. The second-order valence-electron chi connectivity index (χ2n) is 5.42. The summed E-state index contributed by atoms with van der Waals surface area (Å²) < 4.78 is 0. The number of anilines is 2. The van der Waals surface area contributed by atoms with Crippen molar-refractivity contribution in [3.8, 4) is 0 Å². The molecule has 0 unspecified atom stereocenters. The molecule has 0 heterocycles. The van der Waals surface area contributed by atoms with Crippen molar-refractivity contribution in [2.45, 2.75) is 33.1 Å². The zero-order valence-corrected chi connectivity index (χ0v) is 11.6. The SMILES string of the molecule is CCCN(CC1CC1)c1cc(C)c(N)c(C(=O)O)c1. The summed E-state index contributed by atoms with van der Waals surface area (Å²) in [4.78, 5) is 13.5. The topological polar surface area (TPSA) is 66.6 Å². The molecule has 0 bridgehead atoms. The first-order chi connectivity index (χ1) is 9.02. The Morgan fingerprint density at radius 3 is 2.68 bits per heavy atom. The van der Waals surface area contributed by atoms with Crippen LogP contribution in [0.4, 0.5) is 11.4 Å². The average molecular weight is 262 g/mol. The molecule has 0 aliphatic heterocycles. The number of rotatable bonds is 6. The van der Waals surface area contributed by atoms with Crippen molar-refractivity contribution in [2.24, 2.45) is 5.92 Å². The summed E-state index contributed by atoms with van der Waals surface area (Å²) >= 11 is 0. The minimum Gasteiger partial charge on any atom is -0.478 e. The van der Waals surface area contributed by atoms with E-state index in [0.29, 0.717) is 5.69 Å². The number of carbonyl (C=O) groups is 1. The Morgan fingerprint density at radius 1 is 1.47 bits per heavy atom. The lowest BCUT2D eigenvalue weighted by molar-refractivity contribution is 0.0698. The zero-order valence-electron chi connectivity index (χ0n) is 11.6. The summed E-state index contributed by atoms with van der Waals surface area (Å²) in [5.41, 5.74) is 8.25. The summed E-state index contributed by atoms with van der Waals surface area (Å²) in [6.45, 7) is 5.99. The maximum atomic E-state index is 11.2. The van der Waals surface area contributed by atoms with Crippen LogP contribution in [-0.2, 0) is 0 Å². The van der Waals surface area contributed by atoms with Crippen LogP contribution in [0.3, 0.4) is 0 Å². The lowest BCUT2D eigenvalue weighted by Crippen LogP contribution is -2.27. The molecule has 1 aliphatic rings. The van der Waals surface area contributed by atoms with Gasteiger partial charge in [0, 0.05) is 24.5 Å². The quantitative estimate of drug-likeness (QED) is 0.774. The highest BCUT2D eigenvalue weighted by atomic mass is 16.4. The standard InChI is InChI=1S/C15H22N2O2/c1-3-6-17(9-11-4-5-11)12-7-10(2)14(16)13(8-12)15(18)19/h7-8,11H,3-6,9,16H2,1-2H3,(H,18,19). The van der Waals surface area contributed by atoms with Gasteiger partial charge in [-0.15, -0.1) is 0 Å². The van der Waals surface area contributed by atoms with Gasteiger partial charge >= 0.3 is 5.97 Å². The van der Waals surface area contributed by atoms with E-state index >= 15 is 0 Å². The van der Waals surface area contributed by atoms with E-state index in [-0.39, 0.29) is 5.56 Å². The van der Waals surface area contributed by atoms with Crippen LogP contribution in [0.1, 0.15) is 42.1 Å². The molecule has 0 spiro atoms. The normalized spacial score (nSPS) is 14.4. The smallest absolute Gasteiger partial charge is 0.337 e. The molecule has 0 amide bonds. The van der Waals surface area contributed by atoms with Gasteiger partial charge in [-0.2, -0.15) is 0 Å². The number of benzene rings is 1. The Bertz CT molecular complexity index is 481. The van der Waals surface area contributed by atoms with E-state index in [1.165, 1.54) is 12.8 Å². The van der Waals surface area contributed by atoms with Gasteiger partial charge in [0.2, 0.25) is 0 Å². The van der Waals surface area contributed by atoms with E-state index in [9.17, 15) is 9.90 Å². The third-order valence-corrected chi connectivity index (χ3v) is 3.64. The fraction of sp³-hybridized carbons (Fsp3) is 0.533. The molecule has 4 nitrogen and oxygen atoms in total. The van der Waals surface area contributed by atoms with E-state index in [0.717, 1.165) is 36.7 Å². The van der Waals surface area contributed by atoms with Gasteiger partial charge in [0.05, 0.1) is 5.56 Å². The van der Waals surface area contributed by atoms with Crippen molar-refractivity contribution in [3.05, 3.63) is 23.3 Å². The first kappa shape index (κ1) is 13.7. The van der Waals surface area contributed by atoms with Gasteiger partial charge < -0.3 is 15.7 Å². The third-order valence-electron chi connectivity index (χ3n) is 3.64. The Hall–Kier alpha value is -1.71. The van der Waals surface area contributed by atoms with Crippen molar-refractivity contribution in [2.75, 3.05) is 23.7 Å². The molecule has 3 N–H and O–H groups in total. The highest BCUT2D eigenvalue weighted by Gasteiger charge is 2.25. The Balaban J connectivity index is 2.32. The van der Waals surface area contributed by atoms with Crippen LogP contribution in [0.25, 0.3) is 0 Å². The first-order valence-electron chi connectivity index (χ1n) is 6.91. The minimum absolute atomic E-state index is 0.215. The van der Waals surface area contributed by atoms with E-state index in [4.69, 9.17) is 5.73 Å². The monoisotopic (exact) mass is 262 g/mol. The van der Waals surface area contributed by atoms with Crippen LogP contribution in [0, 0.1) is 12.8 Å². The predicted octanol–water partition coefficient (Wildman–Crippen LogP) is 2.90. The number of aryl methyl sites for hydroxylation is 1. The number of aromatic carboxylic acids is 1. The highest BCUT2D eigenvalue weighted by molar-refractivity contribution is 5.95. The third kappa shape index (κ3) is 3.19. The zero-order chi connectivity index (χ0) is 14.0. The molecule has 1 fully saturated rings. The number of carboxylic acid groups (broad SMARTS) is 1. The molecule has 4 heteroatoms. The van der Waals surface area contributed by atoms with Crippen molar-refractivity contribution < 1.29 is 9.90 Å². The van der Waals surface area contributed by atoms with E-state index in [1.807, 2.05) is 13.0 Å². The average Bonchev–Trinajstić information content (AvgIpc) is 3.15. The van der Waals surface area contributed by atoms with Gasteiger partial charge in [0.15, 0.2) is 0 Å². The van der Waals surface area contributed by atoms with Gasteiger partial charge in [-0.05, 0) is 49.8 Å². The summed E-state index contributed by atoms with van der Waals surface area (Å²) in [6, 6.07) is 3.71. The van der Waals surface area contributed by atoms with Crippen LogP contribution in [-0.4, -0.2) is 24.2 Å². The molecule has 1 aromatic carbocycles. The molecule has 19 heavy (non-hydrogen) atoms. The molecule has 0 saturated heterocycles. The van der Waals surface area contributed by atoms with Crippen LogP contribution in [0.15, 0.2) is 12.1 Å². The number of nitrogen functional groups attached to an aromatic ring is 1. The summed E-state index contributed by atoms with van der Waals surface area (Å²) in [5.74, 6) is -0.178. The maximum absolute atomic E-state index is 11.2. The number of hydrogen-bond donors (Lipinski definition) is 2. The number of nitrogens with two attached hydrogens (primary N) is 1. The molecule has 0 radical (unpaired) electrons. The van der Waals surface area contributed by atoms with Crippen molar-refractivity contribution in [1.82, 2.24) is 0 Å². The number of carboxylic acids is 1. The second-order valence-corrected chi connectivity index (χ2v) is 5.42. The first-order valence-corrected chi connectivity index (χ1v) is 6.91.